The second-order valence-electron chi connectivity index (χ2n) is 8.06. The maximum absolute atomic E-state index is 2.44. The van der Waals surface area contributed by atoms with Crippen LogP contribution in [0.25, 0.3) is 10.8 Å². The number of benzene rings is 2. The zero-order valence-electron chi connectivity index (χ0n) is 17.3. The summed E-state index contributed by atoms with van der Waals surface area (Å²) in [6.07, 6.45) is 18.3. The van der Waals surface area contributed by atoms with Crippen LogP contribution in [0.2, 0.25) is 0 Å². The molecule has 0 amide bonds. The maximum Gasteiger partial charge on any atom is -0.0162 e. The van der Waals surface area contributed by atoms with Gasteiger partial charge in [0.2, 0.25) is 0 Å². The monoisotopic (exact) mass is 352 g/mol. The average molecular weight is 353 g/mol. The minimum absolute atomic E-state index is 0.749. The van der Waals surface area contributed by atoms with Crippen LogP contribution in [0.3, 0.4) is 0 Å². The maximum atomic E-state index is 2.44. The predicted molar refractivity (Wildman–Crippen MR) is 118 cm³/mol. The summed E-state index contributed by atoms with van der Waals surface area (Å²) in [4.78, 5) is 0. The molecular formula is C26H40. The van der Waals surface area contributed by atoms with Gasteiger partial charge in [-0.1, -0.05) is 127 Å². The lowest BCUT2D eigenvalue weighted by atomic mass is 9.88. The molecule has 26 heavy (non-hydrogen) atoms. The van der Waals surface area contributed by atoms with Gasteiger partial charge in [0.05, 0.1) is 0 Å². The van der Waals surface area contributed by atoms with Crippen molar-refractivity contribution in [2.24, 2.45) is 0 Å². The summed E-state index contributed by atoms with van der Waals surface area (Å²) in [5.41, 5.74) is 1.56. The summed E-state index contributed by atoms with van der Waals surface area (Å²) in [5, 5.41) is 2.76. The van der Waals surface area contributed by atoms with Crippen LogP contribution in [0.4, 0.5) is 0 Å². The van der Waals surface area contributed by atoms with Crippen LogP contribution in [0.15, 0.2) is 42.5 Å². The van der Waals surface area contributed by atoms with Crippen molar-refractivity contribution in [3.8, 4) is 0 Å². The smallest absolute Gasteiger partial charge is 0.0162 e. The number of hydrogen-bond acceptors (Lipinski definition) is 0. The fourth-order valence-corrected chi connectivity index (χ4v) is 4.17. The van der Waals surface area contributed by atoms with E-state index in [2.05, 4.69) is 56.3 Å². The van der Waals surface area contributed by atoms with Crippen molar-refractivity contribution < 1.29 is 0 Å². The number of rotatable bonds is 14. The summed E-state index contributed by atoms with van der Waals surface area (Å²) in [5.74, 6) is 0.749. The Kier molecular flexibility index (Phi) is 10.5. The average Bonchev–Trinajstić information content (AvgIpc) is 2.68. The molecular weight excluding hydrogens is 312 g/mol. The normalized spacial score (nSPS) is 12.5. The van der Waals surface area contributed by atoms with Gasteiger partial charge in [0, 0.05) is 0 Å². The third-order valence-electron chi connectivity index (χ3n) is 5.79. The number of hydrogen-bond donors (Lipinski definition) is 0. The van der Waals surface area contributed by atoms with E-state index in [1.54, 1.807) is 5.56 Å². The van der Waals surface area contributed by atoms with E-state index in [-0.39, 0.29) is 0 Å². The Morgan fingerprint density at radius 3 is 1.85 bits per heavy atom. The molecule has 1 atom stereocenters. The van der Waals surface area contributed by atoms with Crippen LogP contribution in [0.5, 0.6) is 0 Å². The van der Waals surface area contributed by atoms with Crippen molar-refractivity contribution in [2.45, 2.75) is 103 Å². The molecule has 0 aliphatic rings. The van der Waals surface area contributed by atoms with E-state index in [0.29, 0.717) is 0 Å². The van der Waals surface area contributed by atoms with Crippen LogP contribution < -0.4 is 0 Å². The molecule has 1 unspecified atom stereocenters. The van der Waals surface area contributed by atoms with Crippen LogP contribution >= 0.6 is 0 Å². The fourth-order valence-electron chi connectivity index (χ4n) is 4.17. The van der Waals surface area contributed by atoms with Gasteiger partial charge in [0.25, 0.3) is 0 Å². The lowest BCUT2D eigenvalue weighted by Crippen LogP contribution is -1.99. The van der Waals surface area contributed by atoms with Gasteiger partial charge < -0.3 is 0 Å². The molecule has 0 bridgehead atoms. The van der Waals surface area contributed by atoms with Crippen LogP contribution in [0, 0.1) is 0 Å². The third kappa shape index (κ3) is 7.52. The molecule has 2 aromatic carbocycles. The van der Waals surface area contributed by atoms with Crippen molar-refractivity contribution in [3.63, 3.8) is 0 Å². The van der Waals surface area contributed by atoms with E-state index in [1.165, 1.54) is 94.2 Å². The van der Waals surface area contributed by atoms with Crippen LogP contribution in [-0.2, 0) is 0 Å². The van der Waals surface area contributed by atoms with Crippen LogP contribution in [-0.4, -0.2) is 0 Å². The first kappa shape index (κ1) is 21.0. The Labute approximate surface area is 162 Å². The molecule has 2 aromatic rings. The van der Waals surface area contributed by atoms with Gasteiger partial charge in [-0.2, -0.15) is 0 Å². The highest BCUT2D eigenvalue weighted by atomic mass is 14.2. The van der Waals surface area contributed by atoms with E-state index < -0.39 is 0 Å². The number of unbranched alkanes of at least 4 members (excludes halogenated alkanes) is 9. The number of fused-ring (bicyclic) bond motifs is 1. The first-order chi connectivity index (χ1) is 12.8. The minimum atomic E-state index is 0.749. The van der Waals surface area contributed by atoms with Gasteiger partial charge in [0.15, 0.2) is 0 Å². The van der Waals surface area contributed by atoms with Gasteiger partial charge >= 0.3 is 0 Å². The zero-order chi connectivity index (χ0) is 18.5. The van der Waals surface area contributed by atoms with Gasteiger partial charge in [0.1, 0.15) is 0 Å². The SMILES string of the molecule is CCCCCCCCCCCCC(CCC)c1ccc2ccccc2c1. The molecule has 0 saturated heterocycles. The van der Waals surface area contributed by atoms with Gasteiger partial charge in [-0.15, -0.1) is 0 Å². The van der Waals surface area contributed by atoms with E-state index in [0.717, 1.165) is 5.92 Å². The van der Waals surface area contributed by atoms with Gasteiger partial charge in [-0.3, -0.25) is 0 Å². The second kappa shape index (κ2) is 13.0. The summed E-state index contributed by atoms with van der Waals surface area (Å²) in [7, 11) is 0. The Balaban J connectivity index is 1.69. The Morgan fingerprint density at radius 2 is 1.19 bits per heavy atom. The topological polar surface area (TPSA) is 0 Å². The zero-order valence-corrected chi connectivity index (χ0v) is 17.3. The highest BCUT2D eigenvalue weighted by Gasteiger charge is 2.11. The Hall–Kier alpha value is -1.30. The summed E-state index contributed by atoms with van der Waals surface area (Å²) >= 11 is 0. The Morgan fingerprint density at radius 1 is 0.577 bits per heavy atom. The molecule has 0 aromatic heterocycles. The Bertz CT molecular complexity index is 598. The summed E-state index contributed by atoms with van der Waals surface area (Å²) in [6.45, 7) is 4.62. The third-order valence-corrected chi connectivity index (χ3v) is 5.79. The van der Waals surface area contributed by atoms with Crippen molar-refractivity contribution in [3.05, 3.63) is 48.0 Å². The second-order valence-corrected chi connectivity index (χ2v) is 8.06. The highest BCUT2D eigenvalue weighted by molar-refractivity contribution is 5.83. The molecule has 0 aliphatic heterocycles. The van der Waals surface area contributed by atoms with E-state index in [9.17, 15) is 0 Å². The molecule has 0 N–H and O–H groups in total. The van der Waals surface area contributed by atoms with Crippen LogP contribution in [0.1, 0.15) is 109 Å². The van der Waals surface area contributed by atoms with Gasteiger partial charge in [-0.25, -0.2) is 0 Å². The molecule has 0 saturated carbocycles. The first-order valence-electron chi connectivity index (χ1n) is 11.3. The molecule has 0 spiro atoms. The van der Waals surface area contributed by atoms with Gasteiger partial charge in [-0.05, 0) is 35.1 Å². The van der Waals surface area contributed by atoms with E-state index in [4.69, 9.17) is 0 Å². The standard InChI is InChI=1S/C26H40/c1-3-5-6-7-8-9-10-11-12-13-17-23(16-4-2)26-21-20-24-18-14-15-19-25(24)22-26/h14-15,18-23H,3-13,16-17H2,1-2H3. The molecule has 0 aliphatic carbocycles. The van der Waals surface area contributed by atoms with Crippen molar-refractivity contribution >= 4 is 10.8 Å². The molecule has 0 fully saturated rings. The molecule has 0 nitrogen and oxygen atoms in total. The highest BCUT2D eigenvalue weighted by Crippen LogP contribution is 2.30. The minimum Gasteiger partial charge on any atom is -0.0654 e. The summed E-state index contributed by atoms with van der Waals surface area (Å²) in [6, 6.07) is 15.9. The lowest BCUT2D eigenvalue weighted by Gasteiger charge is -2.17. The lowest BCUT2D eigenvalue weighted by molar-refractivity contribution is 0.505. The molecule has 2 rings (SSSR count). The van der Waals surface area contributed by atoms with Crippen molar-refractivity contribution in [1.29, 1.82) is 0 Å². The largest absolute Gasteiger partial charge is 0.0654 e. The molecule has 0 heterocycles. The summed E-state index contributed by atoms with van der Waals surface area (Å²) < 4.78 is 0. The predicted octanol–water partition coefficient (Wildman–Crippen LogP) is 9.03. The fraction of sp³-hybridized carbons (Fsp3) is 0.615. The first-order valence-corrected chi connectivity index (χ1v) is 11.3. The van der Waals surface area contributed by atoms with E-state index in [1.807, 2.05) is 0 Å². The van der Waals surface area contributed by atoms with E-state index >= 15 is 0 Å². The van der Waals surface area contributed by atoms with Crippen molar-refractivity contribution in [2.75, 3.05) is 0 Å². The molecule has 144 valence electrons. The van der Waals surface area contributed by atoms with Crippen molar-refractivity contribution in [1.82, 2.24) is 0 Å². The molecule has 0 heteroatoms. The molecule has 0 radical (unpaired) electrons. The quantitative estimate of drug-likeness (QED) is 0.297.